The number of carbonyl (C=O) groups is 2. The largest absolute Gasteiger partial charge is 0.828 e. The molecule has 0 aliphatic carbocycles. The second-order valence-electron chi connectivity index (χ2n) is 4.31. The molecule has 0 spiro atoms. The average molecular weight is 359 g/mol. The van der Waals surface area contributed by atoms with Crippen LogP contribution in [0.3, 0.4) is 0 Å². The number of hydrogen-bond donors (Lipinski definition) is 0. The molecular formula is C13H9F6O5-. The normalized spacial score (nSPS) is 12.6. The molecule has 0 heterocycles. The molecule has 0 amide bonds. The van der Waals surface area contributed by atoms with E-state index in [1.165, 1.54) is 24.3 Å². The molecule has 0 aliphatic heterocycles. The molecule has 0 fully saturated rings. The van der Waals surface area contributed by atoms with E-state index >= 15 is 0 Å². The van der Waals surface area contributed by atoms with E-state index in [2.05, 4.69) is 9.47 Å². The molecular weight excluding hydrogens is 350 g/mol. The SMILES string of the molecule is O=C(OCCOC(=O)C([O-])(C(F)(F)F)C(F)(F)F)c1ccccc1. The third-order valence-electron chi connectivity index (χ3n) is 2.64. The van der Waals surface area contributed by atoms with E-state index in [4.69, 9.17) is 0 Å². The molecule has 1 aromatic rings. The van der Waals surface area contributed by atoms with Gasteiger partial charge in [-0.2, -0.15) is 26.3 Å². The Morgan fingerprint density at radius 2 is 1.33 bits per heavy atom. The van der Waals surface area contributed by atoms with Crippen molar-refractivity contribution in [2.24, 2.45) is 0 Å². The van der Waals surface area contributed by atoms with Gasteiger partial charge in [0, 0.05) is 0 Å². The van der Waals surface area contributed by atoms with Gasteiger partial charge >= 0.3 is 24.3 Å². The minimum atomic E-state index is -6.44. The highest BCUT2D eigenvalue weighted by Crippen LogP contribution is 2.41. The van der Waals surface area contributed by atoms with Gasteiger partial charge in [-0.25, -0.2) is 4.79 Å². The minimum Gasteiger partial charge on any atom is -0.828 e. The number of rotatable bonds is 5. The topological polar surface area (TPSA) is 75.7 Å². The summed E-state index contributed by atoms with van der Waals surface area (Å²) in [6.07, 6.45) is -12.9. The summed E-state index contributed by atoms with van der Waals surface area (Å²) in [4.78, 5) is 22.4. The van der Waals surface area contributed by atoms with Crippen LogP contribution in [0.25, 0.3) is 0 Å². The lowest BCUT2D eigenvalue weighted by Crippen LogP contribution is -2.71. The van der Waals surface area contributed by atoms with Crippen molar-refractivity contribution in [1.82, 2.24) is 0 Å². The number of carbonyl (C=O) groups excluding carboxylic acids is 2. The predicted octanol–water partition coefficient (Wildman–Crippen LogP) is 1.61. The second-order valence-corrected chi connectivity index (χ2v) is 4.31. The van der Waals surface area contributed by atoms with Crippen LogP contribution < -0.4 is 5.11 Å². The van der Waals surface area contributed by atoms with Crippen LogP contribution in [0.5, 0.6) is 0 Å². The van der Waals surface area contributed by atoms with E-state index in [0.29, 0.717) is 0 Å². The molecule has 11 heteroatoms. The number of hydrogen-bond acceptors (Lipinski definition) is 5. The van der Waals surface area contributed by atoms with Crippen molar-refractivity contribution >= 4 is 11.9 Å². The summed E-state index contributed by atoms with van der Waals surface area (Å²) in [6, 6.07) is 7.22. The number of esters is 2. The zero-order chi connectivity index (χ0) is 18.6. The van der Waals surface area contributed by atoms with E-state index in [-0.39, 0.29) is 5.56 Å². The Hall–Kier alpha value is -2.30. The quantitative estimate of drug-likeness (QED) is 0.454. The van der Waals surface area contributed by atoms with Gasteiger partial charge in [-0.1, -0.05) is 18.2 Å². The molecule has 0 saturated heterocycles. The zero-order valence-electron chi connectivity index (χ0n) is 11.6. The van der Waals surface area contributed by atoms with Crippen molar-refractivity contribution in [1.29, 1.82) is 0 Å². The molecule has 0 radical (unpaired) electrons. The standard InChI is InChI=1S/C13H9F6O5/c14-12(15,16)11(22,13(17,18)19)10(21)24-7-6-23-9(20)8-4-2-1-3-5-8/h1-5H,6-7H2/q-1. The molecule has 24 heavy (non-hydrogen) atoms. The Morgan fingerprint density at radius 1 is 0.875 bits per heavy atom. The number of halogens is 6. The summed E-state index contributed by atoms with van der Waals surface area (Å²) in [7, 11) is 0. The van der Waals surface area contributed by atoms with Crippen LogP contribution in [0.1, 0.15) is 10.4 Å². The van der Waals surface area contributed by atoms with Gasteiger partial charge in [0.15, 0.2) is 5.60 Å². The summed E-state index contributed by atoms with van der Waals surface area (Å²) in [5.74, 6) is -4.01. The monoisotopic (exact) mass is 359 g/mol. The third kappa shape index (κ3) is 4.16. The smallest absolute Gasteiger partial charge is 0.399 e. The first-order chi connectivity index (χ1) is 10.9. The van der Waals surface area contributed by atoms with Crippen LogP contribution >= 0.6 is 0 Å². The fraction of sp³-hybridized carbons (Fsp3) is 0.385. The molecule has 0 atom stereocenters. The molecule has 0 N–H and O–H groups in total. The van der Waals surface area contributed by atoms with Crippen molar-refractivity contribution in [2.45, 2.75) is 18.0 Å². The van der Waals surface area contributed by atoms with Crippen LogP contribution in [-0.2, 0) is 14.3 Å². The van der Waals surface area contributed by atoms with Crippen LogP contribution in [0, 0.1) is 0 Å². The van der Waals surface area contributed by atoms with Crippen molar-refractivity contribution in [3.05, 3.63) is 35.9 Å². The maximum Gasteiger partial charge on any atom is 0.399 e. The predicted molar refractivity (Wildman–Crippen MR) is 62.5 cm³/mol. The third-order valence-corrected chi connectivity index (χ3v) is 2.64. The highest BCUT2D eigenvalue weighted by molar-refractivity contribution is 5.89. The molecule has 1 rings (SSSR count). The van der Waals surface area contributed by atoms with Gasteiger partial charge in [-0.3, -0.25) is 4.79 Å². The van der Waals surface area contributed by atoms with Gasteiger partial charge in [-0.15, -0.1) is 0 Å². The van der Waals surface area contributed by atoms with Crippen LogP contribution in [0.4, 0.5) is 26.3 Å². The molecule has 0 bridgehead atoms. The first-order valence-corrected chi connectivity index (χ1v) is 6.14. The molecule has 0 aliphatic rings. The Bertz CT molecular complexity index is 567. The first kappa shape index (κ1) is 19.7. The van der Waals surface area contributed by atoms with Crippen molar-refractivity contribution in [3.63, 3.8) is 0 Å². The summed E-state index contributed by atoms with van der Waals surface area (Å²) < 4.78 is 81.9. The van der Waals surface area contributed by atoms with Gasteiger partial charge in [0.2, 0.25) is 0 Å². The van der Waals surface area contributed by atoms with Gasteiger partial charge in [0.25, 0.3) is 0 Å². The van der Waals surface area contributed by atoms with Gasteiger partial charge in [0.05, 0.1) is 5.56 Å². The maximum absolute atomic E-state index is 12.3. The molecule has 0 unspecified atom stereocenters. The van der Waals surface area contributed by atoms with E-state index in [1.807, 2.05) is 0 Å². The van der Waals surface area contributed by atoms with Crippen LogP contribution in [0.2, 0.25) is 0 Å². The first-order valence-electron chi connectivity index (χ1n) is 6.14. The summed E-state index contributed by atoms with van der Waals surface area (Å²) in [5, 5.41) is 11.0. The number of ether oxygens (including phenoxy) is 2. The van der Waals surface area contributed by atoms with E-state index < -0.39 is 43.1 Å². The number of benzene rings is 1. The summed E-state index contributed by atoms with van der Waals surface area (Å²) in [6.45, 7) is -1.97. The van der Waals surface area contributed by atoms with Gasteiger partial charge in [0.1, 0.15) is 13.2 Å². The highest BCUT2D eigenvalue weighted by Gasteiger charge is 2.68. The Labute approximate surface area is 130 Å². The van der Waals surface area contributed by atoms with Gasteiger partial charge in [-0.05, 0) is 12.1 Å². The van der Waals surface area contributed by atoms with E-state index in [9.17, 15) is 41.0 Å². The lowest BCUT2D eigenvalue weighted by Gasteiger charge is -2.40. The highest BCUT2D eigenvalue weighted by atomic mass is 19.4. The molecule has 1 aromatic carbocycles. The fourth-order valence-corrected chi connectivity index (χ4v) is 1.42. The lowest BCUT2D eigenvalue weighted by molar-refractivity contribution is -0.574. The molecule has 134 valence electrons. The molecule has 5 nitrogen and oxygen atoms in total. The zero-order valence-corrected chi connectivity index (χ0v) is 11.6. The second kappa shape index (κ2) is 7.07. The summed E-state index contributed by atoms with van der Waals surface area (Å²) >= 11 is 0. The van der Waals surface area contributed by atoms with E-state index in [0.717, 1.165) is 0 Å². The van der Waals surface area contributed by atoms with Crippen molar-refractivity contribution < 1.29 is 50.5 Å². The number of alkyl halides is 6. The van der Waals surface area contributed by atoms with Crippen molar-refractivity contribution in [3.8, 4) is 0 Å². The fourth-order valence-electron chi connectivity index (χ4n) is 1.42. The minimum absolute atomic E-state index is 0.0626. The molecule has 0 aromatic heterocycles. The lowest BCUT2D eigenvalue weighted by atomic mass is 10.0. The van der Waals surface area contributed by atoms with Gasteiger partial charge < -0.3 is 14.6 Å². The van der Waals surface area contributed by atoms with E-state index in [1.54, 1.807) is 6.07 Å². The van der Waals surface area contributed by atoms with Crippen LogP contribution in [0.15, 0.2) is 30.3 Å². The summed E-state index contributed by atoms with van der Waals surface area (Å²) in [5.41, 5.74) is -5.85. The molecule has 0 saturated carbocycles. The maximum atomic E-state index is 12.3. The Kier molecular flexibility index (Phi) is 5.82. The van der Waals surface area contributed by atoms with Crippen molar-refractivity contribution in [2.75, 3.05) is 13.2 Å². The Balaban J connectivity index is 2.60. The Morgan fingerprint density at radius 3 is 1.79 bits per heavy atom. The van der Waals surface area contributed by atoms with Crippen LogP contribution in [-0.4, -0.2) is 43.1 Å². The average Bonchev–Trinajstić information content (AvgIpc) is 2.48.